The van der Waals surface area contributed by atoms with Gasteiger partial charge in [-0.25, -0.2) is 18.2 Å². The van der Waals surface area contributed by atoms with E-state index in [1.54, 1.807) is 4.83 Å². The maximum atomic E-state index is 10.7. The zero-order valence-corrected chi connectivity index (χ0v) is 7.34. The molecule has 0 aromatic rings. The van der Waals surface area contributed by atoms with Gasteiger partial charge in [-0.1, -0.05) is 6.58 Å². The number of rotatable bonds is 4. The first-order valence-corrected chi connectivity index (χ1v) is 4.63. The van der Waals surface area contributed by atoms with Gasteiger partial charge in [-0.3, -0.25) is 0 Å². The first-order chi connectivity index (χ1) is 5.43. The monoisotopic (exact) mass is 194 g/mol. The molecule has 2 N–H and O–H groups in total. The fourth-order valence-electron chi connectivity index (χ4n) is 0.430. The molecule has 0 unspecified atom stereocenters. The number of hydrazine groups is 1. The minimum atomic E-state index is -3.72. The van der Waals surface area contributed by atoms with Crippen LogP contribution in [0, 0.1) is 0 Å². The summed E-state index contributed by atoms with van der Waals surface area (Å²) in [6, 6.07) is 0. The number of nitrogens with one attached hydrogen (secondary N) is 1. The predicted octanol–water partition coefficient (Wildman–Crippen LogP) is -0.0358. The minimum Gasteiger partial charge on any atom is -0.464 e. The van der Waals surface area contributed by atoms with Crippen molar-refractivity contribution in [3.05, 3.63) is 12.0 Å². The molecular weight excluding hydrogens is 184 g/mol. The molecule has 1 amide bonds. The molecule has 0 aromatic heterocycles. The second-order valence-corrected chi connectivity index (χ2v) is 3.44. The van der Waals surface area contributed by atoms with Crippen molar-refractivity contribution in [2.75, 3.05) is 6.54 Å². The van der Waals surface area contributed by atoms with Gasteiger partial charge in [0.1, 0.15) is 0 Å². The molecule has 0 fully saturated rings. The number of carbonyl (C=O) groups is 1. The van der Waals surface area contributed by atoms with Crippen LogP contribution in [-0.2, 0) is 10.0 Å². The summed E-state index contributed by atoms with van der Waals surface area (Å²) >= 11 is 0. The van der Waals surface area contributed by atoms with Gasteiger partial charge in [-0.05, 0) is 6.92 Å². The van der Waals surface area contributed by atoms with Crippen molar-refractivity contribution in [3.8, 4) is 0 Å². The summed E-state index contributed by atoms with van der Waals surface area (Å²) in [6.07, 6.45) is -1.36. The summed E-state index contributed by atoms with van der Waals surface area (Å²) in [4.78, 5) is 12.1. The Morgan fingerprint density at radius 3 is 2.50 bits per heavy atom. The van der Waals surface area contributed by atoms with Crippen LogP contribution in [0.15, 0.2) is 12.0 Å². The molecule has 0 spiro atoms. The number of hydrogen-bond acceptors (Lipinski definition) is 3. The summed E-state index contributed by atoms with van der Waals surface area (Å²) in [6.45, 7) is 4.54. The molecule has 0 aliphatic carbocycles. The lowest BCUT2D eigenvalue weighted by atomic mass is 10.7. The van der Waals surface area contributed by atoms with Crippen LogP contribution in [0.2, 0.25) is 0 Å². The average Bonchev–Trinajstić information content (AvgIpc) is 2.00. The van der Waals surface area contributed by atoms with E-state index in [-0.39, 0.29) is 6.54 Å². The van der Waals surface area contributed by atoms with Crippen molar-refractivity contribution in [2.45, 2.75) is 6.92 Å². The van der Waals surface area contributed by atoms with Crippen molar-refractivity contribution in [3.63, 3.8) is 0 Å². The molecule has 70 valence electrons. The average molecular weight is 194 g/mol. The third-order valence-electron chi connectivity index (χ3n) is 1.00. The zero-order valence-electron chi connectivity index (χ0n) is 6.52. The minimum absolute atomic E-state index is 0.0302. The summed E-state index contributed by atoms with van der Waals surface area (Å²) in [7, 11) is -3.72. The lowest BCUT2D eigenvalue weighted by molar-refractivity contribution is 0.139. The van der Waals surface area contributed by atoms with Crippen molar-refractivity contribution >= 4 is 16.1 Å². The molecule has 0 rings (SSSR count). The van der Waals surface area contributed by atoms with E-state index in [0.29, 0.717) is 10.4 Å². The lowest BCUT2D eigenvalue weighted by Crippen LogP contribution is -2.44. The van der Waals surface area contributed by atoms with Gasteiger partial charge in [0, 0.05) is 12.0 Å². The molecule has 0 heterocycles. The highest BCUT2D eigenvalue weighted by Gasteiger charge is 2.14. The normalized spacial score (nSPS) is 10.8. The molecule has 0 aliphatic rings. The van der Waals surface area contributed by atoms with Crippen molar-refractivity contribution in [1.82, 2.24) is 9.84 Å². The van der Waals surface area contributed by atoms with E-state index in [1.807, 2.05) is 0 Å². The highest BCUT2D eigenvalue weighted by molar-refractivity contribution is 7.92. The van der Waals surface area contributed by atoms with Gasteiger partial charge in [0.15, 0.2) is 0 Å². The molecule has 6 nitrogen and oxygen atoms in total. The maximum Gasteiger partial charge on any atom is 0.422 e. The van der Waals surface area contributed by atoms with Crippen LogP contribution in [0.4, 0.5) is 4.79 Å². The van der Waals surface area contributed by atoms with E-state index in [4.69, 9.17) is 5.11 Å². The van der Waals surface area contributed by atoms with Crippen LogP contribution in [0.5, 0.6) is 0 Å². The molecule has 0 saturated carbocycles. The topological polar surface area (TPSA) is 86.7 Å². The van der Waals surface area contributed by atoms with Gasteiger partial charge in [-0.2, -0.15) is 0 Å². The van der Waals surface area contributed by atoms with Gasteiger partial charge in [-0.15, -0.1) is 4.83 Å². The van der Waals surface area contributed by atoms with E-state index < -0.39 is 16.1 Å². The molecule has 0 aromatic carbocycles. The first-order valence-electron chi connectivity index (χ1n) is 3.08. The third kappa shape index (κ3) is 3.35. The SMILES string of the molecule is C=CS(=O)(=O)NN(CC)C(=O)O. The Kier molecular flexibility index (Phi) is 3.71. The quantitative estimate of drug-likeness (QED) is 0.615. The fraction of sp³-hybridized carbons (Fsp3) is 0.400. The number of amides is 1. The zero-order chi connectivity index (χ0) is 9.78. The molecule has 0 saturated heterocycles. The predicted molar refractivity (Wildman–Crippen MR) is 42.7 cm³/mol. The van der Waals surface area contributed by atoms with Gasteiger partial charge in [0.2, 0.25) is 10.0 Å². The lowest BCUT2D eigenvalue weighted by Gasteiger charge is -2.15. The van der Waals surface area contributed by atoms with Gasteiger partial charge in [0.25, 0.3) is 0 Å². The van der Waals surface area contributed by atoms with Crippen LogP contribution in [0.3, 0.4) is 0 Å². The smallest absolute Gasteiger partial charge is 0.422 e. The molecule has 12 heavy (non-hydrogen) atoms. The van der Waals surface area contributed by atoms with Crippen LogP contribution >= 0.6 is 0 Å². The Morgan fingerprint density at radius 1 is 1.75 bits per heavy atom. The van der Waals surface area contributed by atoms with E-state index >= 15 is 0 Å². The molecule has 0 aliphatic heterocycles. The van der Waals surface area contributed by atoms with E-state index in [2.05, 4.69) is 6.58 Å². The van der Waals surface area contributed by atoms with E-state index in [9.17, 15) is 13.2 Å². The van der Waals surface area contributed by atoms with Crippen LogP contribution in [-0.4, -0.2) is 31.2 Å². The van der Waals surface area contributed by atoms with Crippen LogP contribution < -0.4 is 4.83 Å². The Labute approximate surface area is 70.5 Å². The van der Waals surface area contributed by atoms with Gasteiger partial charge in [0.05, 0.1) is 0 Å². The summed E-state index contributed by atoms with van der Waals surface area (Å²) in [5, 5.41) is 9.57. The molecule has 0 radical (unpaired) electrons. The van der Waals surface area contributed by atoms with Crippen molar-refractivity contribution in [2.24, 2.45) is 0 Å². The summed E-state index contributed by atoms with van der Waals surface area (Å²) < 4.78 is 21.5. The van der Waals surface area contributed by atoms with E-state index in [0.717, 1.165) is 0 Å². The van der Waals surface area contributed by atoms with Gasteiger partial charge >= 0.3 is 6.09 Å². The van der Waals surface area contributed by atoms with Crippen molar-refractivity contribution in [1.29, 1.82) is 0 Å². The molecule has 0 atom stereocenters. The first kappa shape index (κ1) is 10.9. The number of hydrogen-bond donors (Lipinski definition) is 2. The second kappa shape index (κ2) is 4.07. The highest BCUT2D eigenvalue weighted by atomic mass is 32.2. The molecule has 7 heteroatoms. The number of sulfonamides is 1. The van der Waals surface area contributed by atoms with E-state index in [1.165, 1.54) is 6.92 Å². The fourth-order valence-corrected chi connectivity index (χ4v) is 1.02. The Bertz CT molecular complexity index is 271. The van der Waals surface area contributed by atoms with Crippen LogP contribution in [0.25, 0.3) is 0 Å². The number of nitrogens with zero attached hydrogens (tertiary/aromatic N) is 1. The molecular formula is C5H10N2O4S. The van der Waals surface area contributed by atoms with Crippen LogP contribution in [0.1, 0.15) is 6.92 Å². The van der Waals surface area contributed by atoms with Gasteiger partial charge < -0.3 is 5.11 Å². The Balaban J connectivity index is 4.42. The summed E-state index contributed by atoms with van der Waals surface area (Å²) in [5.74, 6) is 0. The second-order valence-electron chi connectivity index (χ2n) is 1.83. The Hall–Kier alpha value is -1.08. The summed E-state index contributed by atoms with van der Waals surface area (Å²) in [5.41, 5.74) is 0. The highest BCUT2D eigenvalue weighted by Crippen LogP contribution is 1.89. The standard InChI is InChI=1S/C5H10N2O4S/c1-3-7(5(8)9)6-12(10,11)4-2/h4,6H,2-3H2,1H3,(H,8,9). The Morgan fingerprint density at radius 2 is 2.25 bits per heavy atom. The third-order valence-corrected chi connectivity index (χ3v) is 1.92. The molecule has 0 bridgehead atoms. The van der Waals surface area contributed by atoms with Crippen molar-refractivity contribution < 1.29 is 18.3 Å². The largest absolute Gasteiger partial charge is 0.464 e. The maximum absolute atomic E-state index is 10.7. The number of carboxylic acid groups (broad SMARTS) is 1.